The van der Waals surface area contributed by atoms with Crippen LogP contribution in [-0.2, 0) is 47.5 Å². The molecule has 3 heterocycles. The Kier molecular flexibility index (Phi) is 12.6. The molecule has 0 saturated carbocycles. The Morgan fingerprint density at radius 2 is 1.44 bits per heavy atom. The maximum atomic E-state index is 12.3. The fourth-order valence-electron chi connectivity index (χ4n) is 5.03. The SMILES string of the molecule is CCCO[C@@H]1O[C@@H](C)[C@H](O)[C@@H](OC(C)=O)[C@H]1O[C@@H]1O[C@H](CO)[C@H](O)[C@H](O[C@@H]2O[C@H](C(=O)O)[C@H](O)[C@H](O)[C@H]2O)[C@H]1NC(C)=O. The number of carbonyl (C=O) groups excluding carboxylic acids is 2. The molecule has 18 heteroatoms. The standard InChI is InChI=1S/C25H41NO17/c1-5-6-37-25-21(19(39-10(4)29)13(30)8(2)38-25)43-23-12(26-9(3)28)18(14(31)11(7-27)40-23)41-24-17(34)15(32)16(33)20(42-24)22(35)36/h8,11-21,23-25,27,30-34H,5-7H2,1-4H3,(H,26,28)(H,35,36)/t8-,11+,12+,13-,14-,15-,16+,17+,18+,19+,20-,21+,23-,24+,25+/m0/s1. The van der Waals surface area contributed by atoms with Gasteiger partial charge >= 0.3 is 11.9 Å². The lowest BCUT2D eigenvalue weighted by atomic mass is 9.94. The first-order chi connectivity index (χ1) is 20.2. The Bertz CT molecular complexity index is 955. The molecule has 248 valence electrons. The summed E-state index contributed by atoms with van der Waals surface area (Å²) in [5.74, 6) is -3.16. The second-order valence-corrected chi connectivity index (χ2v) is 10.5. The van der Waals surface area contributed by atoms with Gasteiger partial charge in [0, 0.05) is 20.5 Å². The highest BCUT2D eigenvalue weighted by atomic mass is 16.8. The average molecular weight is 628 g/mol. The second-order valence-electron chi connectivity index (χ2n) is 10.5. The monoisotopic (exact) mass is 627 g/mol. The number of hydrogen-bond acceptors (Lipinski definition) is 16. The third-order valence-corrected chi connectivity index (χ3v) is 7.17. The third-order valence-electron chi connectivity index (χ3n) is 7.17. The van der Waals surface area contributed by atoms with Crippen molar-refractivity contribution < 1.29 is 83.3 Å². The first-order valence-electron chi connectivity index (χ1n) is 13.8. The van der Waals surface area contributed by atoms with Crippen LogP contribution in [0.1, 0.15) is 34.1 Å². The molecule has 0 spiro atoms. The van der Waals surface area contributed by atoms with Crippen molar-refractivity contribution in [2.24, 2.45) is 0 Å². The number of amides is 1. The highest BCUT2D eigenvalue weighted by Crippen LogP contribution is 2.34. The molecule has 3 aliphatic rings. The van der Waals surface area contributed by atoms with Crippen LogP contribution in [-0.4, -0.2) is 159 Å². The summed E-state index contributed by atoms with van der Waals surface area (Å²) in [6, 6.07) is -1.50. The molecule has 1 amide bonds. The lowest BCUT2D eigenvalue weighted by molar-refractivity contribution is -0.367. The molecule has 0 aromatic carbocycles. The Morgan fingerprint density at radius 1 is 0.791 bits per heavy atom. The van der Waals surface area contributed by atoms with Crippen molar-refractivity contribution in [2.75, 3.05) is 13.2 Å². The largest absolute Gasteiger partial charge is 0.479 e. The number of hydrogen-bond donors (Lipinski definition) is 8. The van der Waals surface area contributed by atoms with E-state index >= 15 is 0 Å². The lowest BCUT2D eigenvalue weighted by Gasteiger charge is -2.49. The molecule has 8 N–H and O–H groups in total. The van der Waals surface area contributed by atoms with Crippen molar-refractivity contribution in [1.82, 2.24) is 5.32 Å². The lowest BCUT2D eigenvalue weighted by Crippen LogP contribution is -2.69. The normalized spacial score (nSPS) is 43.5. The van der Waals surface area contributed by atoms with Crippen molar-refractivity contribution in [2.45, 2.75) is 126 Å². The Hall–Kier alpha value is -2.07. The molecule has 0 aliphatic carbocycles. The number of ether oxygens (including phenoxy) is 7. The molecule has 3 aliphatic heterocycles. The Morgan fingerprint density at radius 3 is 2.00 bits per heavy atom. The van der Waals surface area contributed by atoms with Crippen LogP contribution < -0.4 is 5.32 Å². The summed E-state index contributed by atoms with van der Waals surface area (Å²) in [6.07, 6.45) is -22.4. The maximum absolute atomic E-state index is 12.3. The smallest absolute Gasteiger partial charge is 0.335 e. The van der Waals surface area contributed by atoms with Crippen molar-refractivity contribution in [3.63, 3.8) is 0 Å². The van der Waals surface area contributed by atoms with Crippen LogP contribution in [0.5, 0.6) is 0 Å². The fourth-order valence-corrected chi connectivity index (χ4v) is 5.03. The summed E-state index contributed by atoms with van der Waals surface area (Å²) in [5, 5.41) is 74.4. The van der Waals surface area contributed by atoms with Gasteiger partial charge in [0.15, 0.2) is 37.2 Å². The molecule has 0 bridgehead atoms. The number of aliphatic hydroxyl groups excluding tert-OH is 6. The van der Waals surface area contributed by atoms with Crippen molar-refractivity contribution >= 4 is 17.8 Å². The van der Waals surface area contributed by atoms with E-state index in [1.807, 2.05) is 6.92 Å². The molecule has 0 unspecified atom stereocenters. The molecule has 3 fully saturated rings. The topological polar surface area (TPSA) is 269 Å². The first-order valence-corrected chi connectivity index (χ1v) is 13.8. The van der Waals surface area contributed by atoms with E-state index < -0.39 is 117 Å². The van der Waals surface area contributed by atoms with Crippen LogP contribution in [0, 0.1) is 0 Å². The maximum Gasteiger partial charge on any atom is 0.335 e. The van der Waals surface area contributed by atoms with Gasteiger partial charge in [-0.2, -0.15) is 0 Å². The van der Waals surface area contributed by atoms with Gasteiger partial charge < -0.3 is 74.2 Å². The summed E-state index contributed by atoms with van der Waals surface area (Å²) < 4.78 is 39.5. The average Bonchev–Trinajstić information content (AvgIpc) is 2.94. The predicted octanol–water partition coefficient (Wildman–Crippen LogP) is -4.30. The predicted molar refractivity (Wildman–Crippen MR) is 136 cm³/mol. The molecule has 3 saturated heterocycles. The number of carboxylic acids is 1. The van der Waals surface area contributed by atoms with E-state index in [-0.39, 0.29) is 6.61 Å². The number of aliphatic hydroxyl groups is 6. The number of carboxylic acid groups (broad SMARTS) is 1. The van der Waals surface area contributed by atoms with E-state index in [0.717, 1.165) is 13.8 Å². The van der Waals surface area contributed by atoms with Crippen LogP contribution >= 0.6 is 0 Å². The van der Waals surface area contributed by atoms with Gasteiger partial charge in [-0.15, -0.1) is 0 Å². The minimum Gasteiger partial charge on any atom is -0.479 e. The fraction of sp³-hybridized carbons (Fsp3) is 0.880. The molecule has 3 rings (SSSR count). The highest BCUT2D eigenvalue weighted by molar-refractivity contribution is 5.73. The van der Waals surface area contributed by atoms with Gasteiger partial charge in [-0.3, -0.25) is 9.59 Å². The van der Waals surface area contributed by atoms with E-state index in [9.17, 15) is 50.1 Å². The van der Waals surface area contributed by atoms with Crippen molar-refractivity contribution in [3.05, 3.63) is 0 Å². The van der Waals surface area contributed by atoms with Crippen molar-refractivity contribution in [1.29, 1.82) is 0 Å². The zero-order valence-corrected chi connectivity index (χ0v) is 24.0. The summed E-state index contributed by atoms with van der Waals surface area (Å²) >= 11 is 0. The van der Waals surface area contributed by atoms with E-state index in [4.69, 9.17) is 33.2 Å². The van der Waals surface area contributed by atoms with Gasteiger partial charge in [0.1, 0.15) is 48.8 Å². The van der Waals surface area contributed by atoms with Crippen LogP contribution in [0.25, 0.3) is 0 Å². The Balaban J connectivity index is 1.98. The van der Waals surface area contributed by atoms with Crippen molar-refractivity contribution in [3.8, 4) is 0 Å². The zero-order valence-electron chi connectivity index (χ0n) is 24.0. The molecule has 0 radical (unpaired) electrons. The minimum atomic E-state index is -2.04. The van der Waals surface area contributed by atoms with Crippen LogP contribution in [0.4, 0.5) is 0 Å². The van der Waals surface area contributed by atoms with Crippen LogP contribution in [0.2, 0.25) is 0 Å². The van der Waals surface area contributed by atoms with Gasteiger partial charge in [-0.25, -0.2) is 4.79 Å². The number of rotatable bonds is 11. The molecular formula is C25H41NO17. The van der Waals surface area contributed by atoms with Gasteiger partial charge in [0.05, 0.1) is 12.7 Å². The van der Waals surface area contributed by atoms with E-state index in [1.165, 1.54) is 6.92 Å². The van der Waals surface area contributed by atoms with Gasteiger partial charge in [-0.05, 0) is 13.3 Å². The summed E-state index contributed by atoms with van der Waals surface area (Å²) in [5.41, 5.74) is 0. The second kappa shape index (κ2) is 15.3. The molecular weight excluding hydrogens is 586 g/mol. The highest BCUT2D eigenvalue weighted by Gasteiger charge is 2.55. The van der Waals surface area contributed by atoms with E-state index in [0.29, 0.717) is 6.42 Å². The quantitative estimate of drug-likeness (QED) is 0.101. The van der Waals surface area contributed by atoms with Gasteiger partial charge in [0.2, 0.25) is 5.91 Å². The number of nitrogens with one attached hydrogen (secondary N) is 1. The molecule has 18 nitrogen and oxygen atoms in total. The summed E-state index contributed by atoms with van der Waals surface area (Å²) in [4.78, 5) is 35.8. The Labute approximate surface area is 246 Å². The first kappa shape index (κ1) is 35.4. The molecule has 0 aromatic rings. The molecule has 43 heavy (non-hydrogen) atoms. The number of carbonyl (C=O) groups is 3. The van der Waals surface area contributed by atoms with Crippen LogP contribution in [0.3, 0.4) is 0 Å². The molecule has 15 atom stereocenters. The zero-order chi connectivity index (χ0) is 32.2. The number of aliphatic carboxylic acids is 1. The molecule has 0 aromatic heterocycles. The van der Waals surface area contributed by atoms with E-state index in [1.54, 1.807) is 0 Å². The van der Waals surface area contributed by atoms with Gasteiger partial charge in [0.25, 0.3) is 0 Å². The van der Waals surface area contributed by atoms with Crippen LogP contribution in [0.15, 0.2) is 0 Å². The summed E-state index contributed by atoms with van der Waals surface area (Å²) in [6.45, 7) is 4.89. The third kappa shape index (κ3) is 8.16. The minimum absolute atomic E-state index is 0.167. The summed E-state index contributed by atoms with van der Waals surface area (Å²) in [7, 11) is 0. The number of esters is 1. The van der Waals surface area contributed by atoms with Gasteiger partial charge in [-0.1, -0.05) is 6.92 Å². The van der Waals surface area contributed by atoms with E-state index in [2.05, 4.69) is 5.32 Å².